The summed E-state index contributed by atoms with van der Waals surface area (Å²) in [7, 11) is 0. The van der Waals surface area contributed by atoms with E-state index in [1.165, 1.54) is 0 Å². The van der Waals surface area contributed by atoms with Crippen molar-refractivity contribution in [1.29, 1.82) is 0 Å². The van der Waals surface area contributed by atoms with Gasteiger partial charge in [-0.3, -0.25) is 19.7 Å². The molecule has 2 amide bonds. The molecule has 0 radical (unpaired) electrons. The van der Waals surface area contributed by atoms with Crippen LogP contribution in [0.25, 0.3) is 11.3 Å². The van der Waals surface area contributed by atoms with E-state index in [2.05, 4.69) is 20.5 Å². The van der Waals surface area contributed by atoms with E-state index in [0.29, 0.717) is 49.2 Å². The third-order valence-corrected chi connectivity index (χ3v) is 9.02. The van der Waals surface area contributed by atoms with Crippen LogP contribution in [0, 0.1) is 18.7 Å². The lowest BCUT2D eigenvalue weighted by atomic mass is 9.78. The minimum absolute atomic E-state index is 0.0611. The van der Waals surface area contributed by atoms with E-state index in [9.17, 15) is 22.8 Å². The maximum Gasteiger partial charge on any atom is 0.278 e. The van der Waals surface area contributed by atoms with Gasteiger partial charge in [-0.25, -0.2) is 13.2 Å². The third-order valence-electron chi connectivity index (χ3n) is 9.02. The largest absolute Gasteiger partial charge is 0.368 e. The number of pyridine rings is 1. The fourth-order valence-electron chi connectivity index (χ4n) is 6.57. The van der Waals surface area contributed by atoms with E-state index in [1.54, 1.807) is 19.1 Å². The summed E-state index contributed by atoms with van der Waals surface area (Å²) in [6, 6.07) is 3.02. The number of carbonyl (C=O) groups is 2. The highest BCUT2D eigenvalue weighted by Gasteiger charge is 2.59. The highest BCUT2D eigenvalue weighted by Crippen LogP contribution is 2.51. The van der Waals surface area contributed by atoms with Crippen molar-refractivity contribution in [1.82, 2.24) is 25.4 Å². The van der Waals surface area contributed by atoms with Gasteiger partial charge in [0.2, 0.25) is 5.91 Å². The van der Waals surface area contributed by atoms with Gasteiger partial charge in [-0.05, 0) is 70.4 Å². The average molecular weight is 532 g/mol. The van der Waals surface area contributed by atoms with Crippen molar-refractivity contribution in [2.75, 3.05) is 13.2 Å². The molecule has 4 heterocycles. The molecule has 2 aromatic rings. The van der Waals surface area contributed by atoms with Gasteiger partial charge in [0, 0.05) is 41.7 Å². The topological polar surface area (TPSA) is 100 Å². The molecular formula is C27H32F3N5O3. The van der Waals surface area contributed by atoms with Crippen LogP contribution in [0.1, 0.15) is 74.0 Å². The van der Waals surface area contributed by atoms with Crippen LogP contribution in [0.15, 0.2) is 18.3 Å². The zero-order valence-corrected chi connectivity index (χ0v) is 21.4. The van der Waals surface area contributed by atoms with Gasteiger partial charge in [0.1, 0.15) is 5.60 Å². The number of hydrogen-bond acceptors (Lipinski definition) is 5. The number of nitrogens with one attached hydrogen (secondary N) is 2. The fraction of sp³-hybridized carbons (Fsp3) is 0.630. The first-order valence-corrected chi connectivity index (χ1v) is 13.4. The molecule has 2 N–H and O–H groups in total. The number of rotatable bonds is 4. The summed E-state index contributed by atoms with van der Waals surface area (Å²) in [5, 5.41) is 10.0. The maximum absolute atomic E-state index is 14.3. The van der Waals surface area contributed by atoms with Gasteiger partial charge in [-0.1, -0.05) is 0 Å². The number of alkyl halides is 2. The Morgan fingerprint density at radius 2 is 1.89 bits per heavy atom. The lowest BCUT2D eigenvalue weighted by Crippen LogP contribution is -2.54. The Bertz CT molecular complexity index is 1250. The van der Waals surface area contributed by atoms with E-state index in [1.807, 2.05) is 4.90 Å². The number of aromatic amines is 1. The van der Waals surface area contributed by atoms with Crippen molar-refractivity contribution in [2.45, 2.75) is 87.8 Å². The summed E-state index contributed by atoms with van der Waals surface area (Å²) in [4.78, 5) is 32.3. The first-order valence-electron chi connectivity index (χ1n) is 13.4. The van der Waals surface area contributed by atoms with E-state index in [4.69, 9.17) is 4.74 Å². The molecule has 38 heavy (non-hydrogen) atoms. The summed E-state index contributed by atoms with van der Waals surface area (Å²) in [6.45, 7) is 2.27. The molecule has 204 valence electrons. The number of halogens is 3. The van der Waals surface area contributed by atoms with Crippen molar-refractivity contribution < 1.29 is 27.5 Å². The molecule has 2 saturated heterocycles. The molecule has 2 spiro atoms. The number of H-pyrrole nitrogens is 1. The molecule has 4 aliphatic rings. The minimum Gasteiger partial charge on any atom is -0.368 e. The second kappa shape index (κ2) is 9.07. The number of hydrogen-bond donors (Lipinski definition) is 2. The maximum atomic E-state index is 14.3. The van der Waals surface area contributed by atoms with Gasteiger partial charge in [0.05, 0.1) is 18.5 Å². The number of piperidine rings is 1. The lowest BCUT2D eigenvalue weighted by Gasteiger charge is -2.42. The van der Waals surface area contributed by atoms with E-state index in [0.717, 1.165) is 19.0 Å². The van der Waals surface area contributed by atoms with Crippen LogP contribution in [0.5, 0.6) is 0 Å². The number of ether oxygens (including phenoxy) is 1. The molecule has 0 aromatic carbocycles. The van der Waals surface area contributed by atoms with Crippen LogP contribution in [0.2, 0.25) is 0 Å². The summed E-state index contributed by atoms with van der Waals surface area (Å²) in [5.41, 5.74) is -0.163. The van der Waals surface area contributed by atoms with Gasteiger partial charge in [0.25, 0.3) is 11.8 Å². The van der Waals surface area contributed by atoms with Crippen LogP contribution in [-0.4, -0.2) is 68.2 Å². The molecule has 4 fully saturated rings. The second-order valence-corrected chi connectivity index (χ2v) is 11.4. The molecule has 6 rings (SSSR count). The average Bonchev–Trinajstić information content (AvgIpc) is 3.35. The van der Waals surface area contributed by atoms with Gasteiger partial charge < -0.3 is 15.0 Å². The molecular weight excluding hydrogens is 499 g/mol. The first-order chi connectivity index (χ1) is 18.1. The summed E-state index contributed by atoms with van der Waals surface area (Å²) < 4.78 is 48.4. The first kappa shape index (κ1) is 25.3. The minimum atomic E-state index is -2.81. The molecule has 2 aliphatic heterocycles. The smallest absolute Gasteiger partial charge is 0.278 e. The Morgan fingerprint density at radius 1 is 1.13 bits per heavy atom. The molecule has 2 saturated carbocycles. The Balaban J connectivity index is 1.07. The molecule has 2 aliphatic carbocycles. The molecule has 1 atom stereocenters. The molecule has 0 unspecified atom stereocenters. The van der Waals surface area contributed by atoms with Crippen LogP contribution < -0.4 is 5.32 Å². The lowest BCUT2D eigenvalue weighted by molar-refractivity contribution is -0.165. The number of carbonyl (C=O) groups excluding carboxylic acids is 2. The van der Waals surface area contributed by atoms with E-state index in [-0.39, 0.29) is 60.9 Å². The standard InChI is InChI=1S/C27H32F3N5O3/c1-16-12-19(20(28)15-31-16)21-13-22(34-33-21)24(37)35-10-4-17(14-25(35)7-8-25)23(36)32-18-2-5-26(6-3-18)27(29,30)9-11-38-26/h12-13,15,17-18H,2-11,14H2,1H3,(H,32,36)(H,33,34)/t17-,18?,26?/m0/s1. The zero-order valence-electron chi connectivity index (χ0n) is 21.4. The number of nitrogens with zero attached hydrogens (tertiary/aromatic N) is 3. The van der Waals surface area contributed by atoms with Crippen LogP contribution in [-0.2, 0) is 9.53 Å². The Labute approximate surface area is 218 Å². The Kier molecular flexibility index (Phi) is 6.04. The quantitative estimate of drug-likeness (QED) is 0.617. The number of aromatic nitrogens is 3. The molecule has 2 aromatic heterocycles. The van der Waals surface area contributed by atoms with Crippen molar-refractivity contribution in [3.05, 3.63) is 35.5 Å². The van der Waals surface area contributed by atoms with Crippen LogP contribution in [0.3, 0.4) is 0 Å². The number of likely N-dealkylation sites (tertiary alicyclic amines) is 1. The number of amides is 2. The van der Waals surface area contributed by atoms with Crippen molar-refractivity contribution in [2.24, 2.45) is 5.92 Å². The van der Waals surface area contributed by atoms with E-state index < -0.39 is 17.3 Å². The van der Waals surface area contributed by atoms with Crippen molar-refractivity contribution >= 4 is 11.8 Å². The molecule has 0 bridgehead atoms. The van der Waals surface area contributed by atoms with Crippen LogP contribution >= 0.6 is 0 Å². The molecule has 8 nitrogen and oxygen atoms in total. The fourth-order valence-corrected chi connectivity index (χ4v) is 6.57. The van der Waals surface area contributed by atoms with Gasteiger partial charge in [-0.2, -0.15) is 5.10 Å². The highest BCUT2D eigenvalue weighted by atomic mass is 19.3. The Morgan fingerprint density at radius 3 is 2.58 bits per heavy atom. The zero-order chi connectivity index (χ0) is 26.7. The SMILES string of the molecule is Cc1cc(-c2cc(C(=O)N3CC[C@H](C(=O)NC4CCC5(CC4)OCCC5(F)F)CC34CC4)n[nH]2)c(F)cn1. The number of aryl methyl sites for hydroxylation is 1. The third kappa shape index (κ3) is 4.28. The normalized spacial score (nSPS) is 29.5. The van der Waals surface area contributed by atoms with Crippen molar-refractivity contribution in [3.63, 3.8) is 0 Å². The van der Waals surface area contributed by atoms with Crippen LogP contribution in [0.4, 0.5) is 13.2 Å². The summed E-state index contributed by atoms with van der Waals surface area (Å²) >= 11 is 0. The Hall–Kier alpha value is -2.95. The second-order valence-electron chi connectivity index (χ2n) is 11.4. The molecule has 11 heteroatoms. The van der Waals surface area contributed by atoms with Gasteiger partial charge in [0.15, 0.2) is 11.5 Å². The highest BCUT2D eigenvalue weighted by molar-refractivity contribution is 5.94. The van der Waals surface area contributed by atoms with Gasteiger partial charge in [-0.15, -0.1) is 0 Å². The van der Waals surface area contributed by atoms with Crippen molar-refractivity contribution in [3.8, 4) is 11.3 Å². The predicted octanol–water partition coefficient (Wildman–Crippen LogP) is 4.16. The van der Waals surface area contributed by atoms with Gasteiger partial charge >= 0.3 is 0 Å². The van der Waals surface area contributed by atoms with E-state index >= 15 is 0 Å². The summed E-state index contributed by atoms with van der Waals surface area (Å²) in [6.07, 6.45) is 5.07. The summed E-state index contributed by atoms with van der Waals surface area (Å²) in [5.74, 6) is -3.83. The predicted molar refractivity (Wildman–Crippen MR) is 131 cm³/mol. The monoisotopic (exact) mass is 531 g/mol.